The number of carbonyl (C=O) groups is 1. The van der Waals surface area contributed by atoms with Gasteiger partial charge < -0.3 is 5.11 Å². The van der Waals surface area contributed by atoms with E-state index in [9.17, 15) is 9.90 Å². The van der Waals surface area contributed by atoms with Gasteiger partial charge in [-0.1, -0.05) is 68.9 Å². The van der Waals surface area contributed by atoms with Gasteiger partial charge in [0.05, 0.1) is 5.56 Å². The largest absolute Gasteiger partial charge is 0.478 e. The molecule has 1 aliphatic carbocycles. The van der Waals surface area contributed by atoms with Crippen LogP contribution >= 0.6 is 0 Å². The monoisotopic (exact) mass is 284 g/mol. The Morgan fingerprint density at radius 3 is 2.00 bits per heavy atom. The zero-order valence-electron chi connectivity index (χ0n) is 13.0. The molecule has 2 nitrogen and oxygen atoms in total. The summed E-state index contributed by atoms with van der Waals surface area (Å²) in [6.45, 7) is 3.79. The molecule has 0 atom stereocenters. The maximum absolute atomic E-state index is 11.2. The van der Waals surface area contributed by atoms with Gasteiger partial charge in [0.15, 0.2) is 0 Å². The molecule has 2 heteroatoms. The van der Waals surface area contributed by atoms with Gasteiger partial charge in [-0.25, -0.2) is 4.79 Å². The maximum atomic E-state index is 11.2. The van der Waals surface area contributed by atoms with E-state index in [-0.39, 0.29) is 0 Å². The lowest BCUT2D eigenvalue weighted by Gasteiger charge is -2.09. The first-order valence-electron chi connectivity index (χ1n) is 7.83. The van der Waals surface area contributed by atoms with E-state index >= 15 is 0 Å². The first-order valence-corrected chi connectivity index (χ1v) is 7.83. The Labute approximate surface area is 126 Å². The number of carboxylic acid groups (broad SMARTS) is 1. The van der Waals surface area contributed by atoms with Crippen LogP contribution in [0, 0.1) is 13.8 Å². The quantitative estimate of drug-likeness (QED) is 0.751. The fraction of sp³-hybridized carbons (Fsp3) is 0.421. The molecular formula is C19H24O2. The van der Waals surface area contributed by atoms with Gasteiger partial charge in [-0.2, -0.15) is 0 Å². The second-order valence-electron chi connectivity index (χ2n) is 5.84. The van der Waals surface area contributed by atoms with Crippen molar-refractivity contribution in [1.29, 1.82) is 0 Å². The fourth-order valence-corrected chi connectivity index (χ4v) is 2.93. The molecule has 1 aliphatic rings. The van der Waals surface area contributed by atoms with Crippen LogP contribution in [0.3, 0.4) is 0 Å². The molecule has 3 rings (SSSR count). The third-order valence-electron chi connectivity index (χ3n) is 4.28. The van der Waals surface area contributed by atoms with Crippen LogP contribution in [0.5, 0.6) is 0 Å². The summed E-state index contributed by atoms with van der Waals surface area (Å²) >= 11 is 0. The predicted octanol–water partition coefficient (Wildman–Crippen LogP) is 5.50. The van der Waals surface area contributed by atoms with Crippen molar-refractivity contribution in [3.05, 3.63) is 47.0 Å². The molecular weight excluding hydrogens is 260 g/mol. The molecule has 112 valence electrons. The van der Waals surface area contributed by atoms with Crippen molar-refractivity contribution in [3.8, 4) is 0 Å². The average Bonchev–Trinajstić information content (AvgIpc) is 2.50. The number of benzene rings is 2. The zero-order valence-corrected chi connectivity index (χ0v) is 13.0. The minimum Gasteiger partial charge on any atom is -0.478 e. The van der Waals surface area contributed by atoms with Gasteiger partial charge in [-0.15, -0.1) is 0 Å². The van der Waals surface area contributed by atoms with E-state index in [2.05, 4.69) is 0 Å². The molecule has 21 heavy (non-hydrogen) atoms. The van der Waals surface area contributed by atoms with Crippen LogP contribution in [0.15, 0.2) is 30.3 Å². The Morgan fingerprint density at radius 1 is 0.952 bits per heavy atom. The smallest absolute Gasteiger partial charge is 0.336 e. The topological polar surface area (TPSA) is 37.3 Å². The molecule has 0 aromatic heterocycles. The number of hydrogen-bond donors (Lipinski definition) is 1. The van der Waals surface area contributed by atoms with Crippen LogP contribution in [-0.4, -0.2) is 11.1 Å². The molecule has 2 aromatic rings. The van der Waals surface area contributed by atoms with Crippen molar-refractivity contribution in [2.75, 3.05) is 0 Å². The lowest BCUT2D eigenvalue weighted by Crippen LogP contribution is -2.02. The average molecular weight is 284 g/mol. The summed E-state index contributed by atoms with van der Waals surface area (Å²) < 4.78 is 0. The van der Waals surface area contributed by atoms with Crippen LogP contribution in [0.2, 0.25) is 0 Å². The Bertz CT molecular complexity index is 613. The molecule has 0 unspecified atom stereocenters. The highest BCUT2D eigenvalue weighted by Gasteiger charge is 2.13. The number of rotatable bonds is 1. The highest BCUT2D eigenvalue weighted by atomic mass is 16.4. The van der Waals surface area contributed by atoms with E-state index < -0.39 is 5.97 Å². The second kappa shape index (κ2) is 7.26. The van der Waals surface area contributed by atoms with E-state index in [0.717, 1.165) is 21.9 Å². The summed E-state index contributed by atoms with van der Waals surface area (Å²) in [5, 5.41) is 11.0. The molecule has 0 spiro atoms. The Balaban J connectivity index is 0.000000225. The molecule has 1 N–H and O–H groups in total. The van der Waals surface area contributed by atoms with Crippen molar-refractivity contribution in [2.45, 2.75) is 52.4 Å². The van der Waals surface area contributed by atoms with E-state index in [4.69, 9.17) is 0 Å². The molecule has 2 aromatic carbocycles. The summed E-state index contributed by atoms with van der Waals surface area (Å²) in [4.78, 5) is 11.2. The molecule has 0 amide bonds. The fourth-order valence-electron chi connectivity index (χ4n) is 2.93. The lowest BCUT2D eigenvalue weighted by molar-refractivity contribution is 0.0698. The van der Waals surface area contributed by atoms with Crippen molar-refractivity contribution in [2.24, 2.45) is 0 Å². The van der Waals surface area contributed by atoms with Crippen LogP contribution in [0.25, 0.3) is 10.8 Å². The van der Waals surface area contributed by atoms with Gasteiger partial charge in [-0.05, 0) is 35.7 Å². The standard InChI is InChI=1S/C13H12O2.C6H12/c1-8-7-10-5-3-4-6-11(10)12(9(8)2)13(14)15;1-2-4-6-5-3-1/h3-7H,1-2H3,(H,14,15);1-6H2. The molecule has 1 saturated carbocycles. The van der Waals surface area contributed by atoms with Crippen molar-refractivity contribution in [3.63, 3.8) is 0 Å². The normalized spacial score (nSPS) is 14.4. The lowest BCUT2D eigenvalue weighted by atomic mass is 9.96. The van der Waals surface area contributed by atoms with E-state index in [1.54, 1.807) is 0 Å². The molecule has 1 fully saturated rings. The van der Waals surface area contributed by atoms with Gasteiger partial charge in [-0.3, -0.25) is 0 Å². The van der Waals surface area contributed by atoms with Gasteiger partial charge in [0.25, 0.3) is 0 Å². The maximum Gasteiger partial charge on any atom is 0.336 e. The molecule has 0 radical (unpaired) electrons. The van der Waals surface area contributed by atoms with Crippen LogP contribution in [0.1, 0.15) is 60.0 Å². The molecule has 0 aliphatic heterocycles. The first-order chi connectivity index (χ1) is 10.1. The number of aromatic carboxylic acids is 1. The first kappa shape index (κ1) is 15.6. The Kier molecular flexibility index (Phi) is 5.38. The van der Waals surface area contributed by atoms with Crippen molar-refractivity contribution in [1.82, 2.24) is 0 Å². The van der Waals surface area contributed by atoms with Crippen LogP contribution in [0.4, 0.5) is 0 Å². The van der Waals surface area contributed by atoms with E-state index in [1.165, 1.54) is 38.5 Å². The van der Waals surface area contributed by atoms with Crippen molar-refractivity contribution >= 4 is 16.7 Å². The highest BCUT2D eigenvalue weighted by molar-refractivity contribution is 6.05. The molecule has 0 saturated heterocycles. The summed E-state index contributed by atoms with van der Waals surface area (Å²) in [6, 6.07) is 9.60. The summed E-state index contributed by atoms with van der Waals surface area (Å²) in [7, 11) is 0. The molecule has 0 heterocycles. The molecule has 0 bridgehead atoms. The van der Waals surface area contributed by atoms with E-state index in [1.807, 2.05) is 44.2 Å². The van der Waals surface area contributed by atoms with Crippen molar-refractivity contribution < 1.29 is 9.90 Å². The van der Waals surface area contributed by atoms with Gasteiger partial charge in [0.1, 0.15) is 0 Å². The Morgan fingerprint density at radius 2 is 1.48 bits per heavy atom. The number of hydrogen-bond acceptors (Lipinski definition) is 1. The summed E-state index contributed by atoms with van der Waals surface area (Å²) in [6.07, 6.45) is 9.00. The summed E-state index contributed by atoms with van der Waals surface area (Å²) in [5.41, 5.74) is 2.29. The minimum absolute atomic E-state index is 0.422. The third-order valence-corrected chi connectivity index (χ3v) is 4.28. The Hall–Kier alpha value is -1.83. The predicted molar refractivity (Wildman–Crippen MR) is 88.1 cm³/mol. The number of fused-ring (bicyclic) bond motifs is 1. The number of carboxylic acids is 1. The minimum atomic E-state index is -0.854. The zero-order chi connectivity index (χ0) is 15.2. The van der Waals surface area contributed by atoms with E-state index in [0.29, 0.717) is 5.56 Å². The highest BCUT2D eigenvalue weighted by Crippen LogP contribution is 2.25. The van der Waals surface area contributed by atoms with Crippen LogP contribution in [-0.2, 0) is 0 Å². The second-order valence-corrected chi connectivity index (χ2v) is 5.84. The number of aryl methyl sites for hydroxylation is 1. The third kappa shape index (κ3) is 3.84. The van der Waals surface area contributed by atoms with Gasteiger partial charge in [0, 0.05) is 0 Å². The van der Waals surface area contributed by atoms with Gasteiger partial charge >= 0.3 is 5.97 Å². The summed E-state index contributed by atoms with van der Waals surface area (Å²) in [5.74, 6) is -0.854. The van der Waals surface area contributed by atoms with Gasteiger partial charge in [0.2, 0.25) is 0 Å². The van der Waals surface area contributed by atoms with Crippen LogP contribution < -0.4 is 0 Å². The SMILES string of the molecule is C1CCCCC1.Cc1cc2ccccc2c(C(=O)O)c1C.